The Morgan fingerprint density at radius 2 is 2.06 bits per heavy atom. The van der Waals surface area contributed by atoms with E-state index in [4.69, 9.17) is 17.3 Å². The minimum atomic E-state index is -0.457. The second-order valence-corrected chi connectivity index (χ2v) is 4.01. The average Bonchev–Trinajstić information content (AvgIpc) is 2.16. The van der Waals surface area contributed by atoms with Crippen LogP contribution in [0.15, 0.2) is 24.3 Å². The number of hydrogen-bond donors (Lipinski definition) is 1. The second kappa shape index (κ2) is 5.63. The van der Waals surface area contributed by atoms with E-state index < -0.39 is 5.91 Å². The van der Waals surface area contributed by atoms with Gasteiger partial charge >= 0.3 is 0 Å². The third-order valence-corrected chi connectivity index (χ3v) is 2.22. The molecule has 4 nitrogen and oxygen atoms in total. The fraction of sp³-hybridized carbons (Fsp3) is 0.273. The molecule has 0 radical (unpaired) electrons. The first-order valence-electron chi connectivity index (χ1n) is 4.74. The van der Waals surface area contributed by atoms with Crippen LogP contribution in [0.4, 0.5) is 0 Å². The molecule has 0 atom stereocenters. The lowest BCUT2D eigenvalue weighted by Crippen LogP contribution is -2.34. The summed E-state index contributed by atoms with van der Waals surface area (Å²) in [5, 5.41) is 0.517. The monoisotopic (exact) mass is 240 g/mol. The van der Waals surface area contributed by atoms with E-state index in [2.05, 4.69) is 0 Å². The Labute approximate surface area is 99.0 Å². The van der Waals surface area contributed by atoms with Gasteiger partial charge in [-0.05, 0) is 19.2 Å². The molecule has 0 aliphatic rings. The van der Waals surface area contributed by atoms with E-state index >= 15 is 0 Å². The third-order valence-electron chi connectivity index (χ3n) is 1.99. The molecule has 0 aliphatic carbocycles. The highest BCUT2D eigenvalue weighted by atomic mass is 35.5. The minimum Gasteiger partial charge on any atom is -0.369 e. The summed E-state index contributed by atoms with van der Waals surface area (Å²) in [5.74, 6) is -0.548. The van der Waals surface area contributed by atoms with Crippen LogP contribution < -0.4 is 5.73 Å². The molecule has 1 aromatic carbocycles. The quantitative estimate of drug-likeness (QED) is 0.779. The molecule has 0 saturated heterocycles. The van der Waals surface area contributed by atoms with Crippen LogP contribution in [0.2, 0.25) is 5.02 Å². The summed E-state index contributed by atoms with van der Waals surface area (Å²) in [4.78, 5) is 23.9. The van der Waals surface area contributed by atoms with Gasteiger partial charge in [0, 0.05) is 10.6 Å². The van der Waals surface area contributed by atoms with Gasteiger partial charge in [0.05, 0.1) is 13.1 Å². The first kappa shape index (κ1) is 12.7. The number of likely N-dealkylation sites (N-methyl/N-ethyl adjacent to an activating group) is 1. The van der Waals surface area contributed by atoms with Crippen molar-refractivity contribution in [2.24, 2.45) is 5.73 Å². The molecule has 0 aromatic heterocycles. The summed E-state index contributed by atoms with van der Waals surface area (Å²) in [6, 6.07) is 6.70. The molecule has 0 aliphatic heterocycles. The Hall–Kier alpha value is -1.39. The molecule has 16 heavy (non-hydrogen) atoms. The van der Waals surface area contributed by atoms with E-state index in [1.54, 1.807) is 36.2 Å². The van der Waals surface area contributed by atoms with Crippen LogP contribution in [-0.4, -0.2) is 36.7 Å². The Balaban J connectivity index is 2.62. The summed E-state index contributed by atoms with van der Waals surface area (Å²) in [7, 11) is 1.66. The molecular formula is C11H13ClN2O2. The van der Waals surface area contributed by atoms with Gasteiger partial charge in [-0.2, -0.15) is 0 Å². The van der Waals surface area contributed by atoms with Gasteiger partial charge in [0.1, 0.15) is 0 Å². The maximum Gasteiger partial charge on any atom is 0.231 e. The molecule has 0 unspecified atom stereocenters. The fourth-order valence-corrected chi connectivity index (χ4v) is 1.51. The van der Waals surface area contributed by atoms with Crippen molar-refractivity contribution in [3.05, 3.63) is 34.9 Å². The van der Waals surface area contributed by atoms with Gasteiger partial charge in [0.25, 0.3) is 0 Å². The van der Waals surface area contributed by atoms with Gasteiger partial charge in [-0.3, -0.25) is 14.5 Å². The Morgan fingerprint density at radius 1 is 1.38 bits per heavy atom. The summed E-state index contributed by atoms with van der Waals surface area (Å²) >= 11 is 5.77. The van der Waals surface area contributed by atoms with Gasteiger partial charge in [0.15, 0.2) is 5.78 Å². The minimum absolute atomic E-state index is 0.0618. The zero-order valence-corrected chi connectivity index (χ0v) is 9.70. The molecule has 0 bridgehead atoms. The predicted octanol–water partition coefficient (Wildman–Crippen LogP) is 0.940. The predicted molar refractivity (Wildman–Crippen MR) is 62.5 cm³/mol. The Kier molecular flexibility index (Phi) is 4.46. The topological polar surface area (TPSA) is 63.4 Å². The Morgan fingerprint density at radius 3 is 2.62 bits per heavy atom. The van der Waals surface area contributed by atoms with Crippen molar-refractivity contribution in [1.29, 1.82) is 0 Å². The number of nitrogens with two attached hydrogens (primary N) is 1. The summed E-state index contributed by atoms with van der Waals surface area (Å²) in [6.45, 7) is 0.204. The summed E-state index contributed by atoms with van der Waals surface area (Å²) < 4.78 is 0. The number of halogens is 1. The zero-order chi connectivity index (χ0) is 12.1. The van der Waals surface area contributed by atoms with Crippen molar-refractivity contribution in [1.82, 2.24) is 4.90 Å². The molecule has 5 heteroatoms. The number of hydrogen-bond acceptors (Lipinski definition) is 3. The zero-order valence-electron chi connectivity index (χ0n) is 8.94. The van der Waals surface area contributed by atoms with Gasteiger partial charge in [-0.15, -0.1) is 0 Å². The number of Topliss-reactive ketones (excluding diaryl/α,β-unsaturated/α-hetero) is 1. The van der Waals surface area contributed by atoms with Crippen molar-refractivity contribution < 1.29 is 9.59 Å². The highest BCUT2D eigenvalue weighted by molar-refractivity contribution is 6.31. The second-order valence-electron chi connectivity index (χ2n) is 3.57. The molecule has 0 saturated carbocycles. The lowest BCUT2D eigenvalue weighted by Gasteiger charge is -2.13. The molecule has 0 heterocycles. The Bertz CT molecular complexity index is 407. The van der Waals surface area contributed by atoms with E-state index in [-0.39, 0.29) is 18.9 Å². The molecule has 86 valence electrons. The van der Waals surface area contributed by atoms with Crippen molar-refractivity contribution in [2.75, 3.05) is 20.1 Å². The van der Waals surface area contributed by atoms with Crippen molar-refractivity contribution in [3.63, 3.8) is 0 Å². The molecule has 1 amide bonds. The number of primary amides is 1. The largest absolute Gasteiger partial charge is 0.369 e. The number of ketones is 1. The highest BCUT2D eigenvalue weighted by Gasteiger charge is 2.10. The van der Waals surface area contributed by atoms with Gasteiger partial charge < -0.3 is 5.73 Å². The van der Waals surface area contributed by atoms with Crippen LogP contribution in [0, 0.1) is 0 Å². The first-order valence-corrected chi connectivity index (χ1v) is 5.12. The first-order chi connectivity index (χ1) is 7.49. The smallest absolute Gasteiger partial charge is 0.231 e. The number of nitrogens with zero attached hydrogens (tertiary/aromatic N) is 1. The SMILES string of the molecule is CN(CC(N)=O)CC(=O)c1cccc(Cl)c1. The van der Waals surface area contributed by atoms with E-state index in [0.717, 1.165) is 0 Å². The fourth-order valence-electron chi connectivity index (χ4n) is 1.32. The molecule has 0 spiro atoms. The molecule has 2 N–H and O–H groups in total. The molecule has 1 rings (SSSR count). The third kappa shape index (κ3) is 4.00. The van der Waals surface area contributed by atoms with Crippen molar-refractivity contribution in [2.45, 2.75) is 0 Å². The molecule has 0 fully saturated rings. The lowest BCUT2D eigenvalue weighted by atomic mass is 10.1. The van der Waals surface area contributed by atoms with Crippen LogP contribution in [0.5, 0.6) is 0 Å². The lowest BCUT2D eigenvalue weighted by molar-refractivity contribution is -0.118. The van der Waals surface area contributed by atoms with E-state index in [1.165, 1.54) is 0 Å². The highest BCUT2D eigenvalue weighted by Crippen LogP contribution is 2.11. The van der Waals surface area contributed by atoms with Crippen molar-refractivity contribution >= 4 is 23.3 Å². The van der Waals surface area contributed by atoms with Crippen molar-refractivity contribution in [3.8, 4) is 0 Å². The van der Waals surface area contributed by atoms with Crippen LogP contribution in [0.25, 0.3) is 0 Å². The number of carbonyl (C=O) groups is 2. The standard InChI is InChI=1S/C11H13ClN2O2/c1-14(7-11(13)16)6-10(15)8-3-2-4-9(12)5-8/h2-5H,6-7H2,1H3,(H2,13,16). The number of rotatable bonds is 5. The summed E-state index contributed by atoms with van der Waals surface area (Å²) in [6.07, 6.45) is 0. The number of amides is 1. The van der Waals surface area contributed by atoms with Gasteiger partial charge in [-0.25, -0.2) is 0 Å². The van der Waals surface area contributed by atoms with Gasteiger partial charge in [0.2, 0.25) is 5.91 Å². The van der Waals surface area contributed by atoms with Crippen LogP contribution in [0.3, 0.4) is 0 Å². The van der Waals surface area contributed by atoms with Crippen LogP contribution in [-0.2, 0) is 4.79 Å². The molecular weight excluding hydrogens is 228 g/mol. The van der Waals surface area contributed by atoms with Crippen LogP contribution >= 0.6 is 11.6 Å². The number of benzene rings is 1. The van der Waals surface area contributed by atoms with E-state index in [9.17, 15) is 9.59 Å². The normalized spacial score (nSPS) is 10.4. The maximum absolute atomic E-state index is 11.7. The van der Waals surface area contributed by atoms with Crippen LogP contribution in [0.1, 0.15) is 10.4 Å². The number of carbonyl (C=O) groups excluding carboxylic acids is 2. The summed E-state index contributed by atoms with van der Waals surface area (Å²) in [5.41, 5.74) is 5.55. The van der Waals surface area contributed by atoms with Gasteiger partial charge in [-0.1, -0.05) is 23.7 Å². The van der Waals surface area contributed by atoms with E-state index in [0.29, 0.717) is 10.6 Å². The maximum atomic E-state index is 11.7. The molecule has 1 aromatic rings. The van der Waals surface area contributed by atoms with E-state index in [1.807, 2.05) is 0 Å². The average molecular weight is 241 g/mol.